The quantitative estimate of drug-likeness (QED) is 0.715. The van der Waals surface area contributed by atoms with Crippen LogP contribution in [-0.2, 0) is 15.9 Å². The Morgan fingerprint density at radius 1 is 1.28 bits per heavy atom. The lowest BCUT2D eigenvalue weighted by Crippen LogP contribution is -2.29. The molecule has 18 heavy (non-hydrogen) atoms. The molecule has 0 aliphatic heterocycles. The third kappa shape index (κ3) is 5.00. The summed E-state index contributed by atoms with van der Waals surface area (Å²) in [6.45, 7) is 1.49. The molecule has 0 aliphatic carbocycles. The minimum Gasteiger partial charge on any atom is -0.494 e. The highest BCUT2D eigenvalue weighted by Gasteiger charge is 2.08. The van der Waals surface area contributed by atoms with Gasteiger partial charge in [-0.2, -0.15) is 0 Å². The molecule has 1 aromatic rings. The van der Waals surface area contributed by atoms with Gasteiger partial charge in [0.25, 0.3) is 0 Å². The molecule has 0 saturated heterocycles. The smallest absolute Gasteiger partial charge is 0.165 e. The number of ether oxygens (including phenoxy) is 3. The van der Waals surface area contributed by atoms with Crippen molar-refractivity contribution < 1.29 is 18.6 Å². The predicted molar refractivity (Wildman–Crippen MR) is 67.3 cm³/mol. The molecule has 0 amide bonds. The van der Waals surface area contributed by atoms with E-state index in [0.717, 1.165) is 5.56 Å². The van der Waals surface area contributed by atoms with Gasteiger partial charge in [-0.1, -0.05) is 6.07 Å². The Labute approximate surface area is 107 Å². The van der Waals surface area contributed by atoms with Crippen molar-refractivity contribution in [3.63, 3.8) is 0 Å². The van der Waals surface area contributed by atoms with Crippen LogP contribution in [-0.4, -0.2) is 40.1 Å². The molecular formula is C13H20FNO3. The zero-order valence-electron chi connectivity index (χ0n) is 10.8. The topological polar surface area (TPSA) is 53.7 Å². The van der Waals surface area contributed by atoms with E-state index in [-0.39, 0.29) is 17.6 Å². The lowest BCUT2D eigenvalue weighted by atomic mass is 10.1. The number of hydrogen-bond donors (Lipinski definition) is 1. The third-order valence-electron chi connectivity index (χ3n) is 2.48. The lowest BCUT2D eigenvalue weighted by molar-refractivity contribution is 0.0637. The fourth-order valence-electron chi connectivity index (χ4n) is 1.58. The van der Waals surface area contributed by atoms with Crippen molar-refractivity contribution in [1.82, 2.24) is 0 Å². The average molecular weight is 257 g/mol. The fourth-order valence-corrected chi connectivity index (χ4v) is 1.58. The van der Waals surface area contributed by atoms with Crippen molar-refractivity contribution in [3.8, 4) is 5.75 Å². The van der Waals surface area contributed by atoms with Crippen molar-refractivity contribution >= 4 is 0 Å². The van der Waals surface area contributed by atoms with Crippen LogP contribution < -0.4 is 10.5 Å². The van der Waals surface area contributed by atoms with Crippen molar-refractivity contribution in [2.75, 3.05) is 34.0 Å². The molecule has 1 atom stereocenters. The largest absolute Gasteiger partial charge is 0.494 e. The number of halogens is 1. The van der Waals surface area contributed by atoms with Crippen molar-refractivity contribution in [2.24, 2.45) is 5.73 Å². The molecule has 0 spiro atoms. The Morgan fingerprint density at radius 3 is 2.67 bits per heavy atom. The van der Waals surface area contributed by atoms with E-state index in [0.29, 0.717) is 26.2 Å². The van der Waals surface area contributed by atoms with Gasteiger partial charge >= 0.3 is 0 Å². The number of benzene rings is 1. The van der Waals surface area contributed by atoms with Crippen LogP contribution in [0, 0.1) is 5.82 Å². The monoisotopic (exact) mass is 257 g/mol. The highest BCUT2D eigenvalue weighted by molar-refractivity contribution is 5.29. The lowest BCUT2D eigenvalue weighted by Gasteiger charge is -2.12. The molecule has 0 fully saturated rings. The average Bonchev–Trinajstić information content (AvgIpc) is 2.35. The molecule has 0 saturated carbocycles. The minimum absolute atomic E-state index is 0.158. The first kappa shape index (κ1) is 14.9. The van der Waals surface area contributed by atoms with Gasteiger partial charge in [0.15, 0.2) is 11.6 Å². The van der Waals surface area contributed by atoms with Gasteiger partial charge in [0.2, 0.25) is 0 Å². The summed E-state index contributed by atoms with van der Waals surface area (Å²) in [5.41, 5.74) is 6.72. The molecule has 0 aliphatic rings. The van der Waals surface area contributed by atoms with E-state index in [1.165, 1.54) is 13.2 Å². The molecule has 102 valence electrons. The SMILES string of the molecule is COCCOCC(N)Cc1ccc(OC)c(F)c1. The number of rotatable bonds is 8. The zero-order valence-corrected chi connectivity index (χ0v) is 10.8. The maximum absolute atomic E-state index is 13.4. The second-order valence-electron chi connectivity index (χ2n) is 4.00. The standard InChI is InChI=1S/C13H20FNO3/c1-16-5-6-18-9-11(15)7-10-3-4-13(17-2)12(14)8-10/h3-4,8,11H,5-7,9,15H2,1-2H3. The summed E-state index contributed by atoms with van der Waals surface area (Å²) in [5, 5.41) is 0. The predicted octanol–water partition coefficient (Wildman–Crippen LogP) is 1.37. The summed E-state index contributed by atoms with van der Waals surface area (Å²) in [6.07, 6.45) is 0.563. The van der Waals surface area contributed by atoms with Gasteiger partial charge in [0.05, 0.1) is 26.9 Å². The van der Waals surface area contributed by atoms with Crippen molar-refractivity contribution in [3.05, 3.63) is 29.6 Å². The van der Waals surface area contributed by atoms with Gasteiger partial charge < -0.3 is 19.9 Å². The van der Waals surface area contributed by atoms with Crippen LogP contribution in [0.2, 0.25) is 0 Å². The van der Waals surface area contributed by atoms with E-state index in [1.807, 2.05) is 0 Å². The maximum atomic E-state index is 13.4. The Balaban J connectivity index is 2.39. The molecule has 5 heteroatoms. The second-order valence-corrected chi connectivity index (χ2v) is 4.00. The van der Waals surface area contributed by atoms with Crippen LogP contribution in [0.5, 0.6) is 5.75 Å². The first-order valence-corrected chi connectivity index (χ1v) is 5.82. The summed E-state index contributed by atoms with van der Waals surface area (Å²) in [5.74, 6) is -0.133. The van der Waals surface area contributed by atoms with Crippen molar-refractivity contribution in [1.29, 1.82) is 0 Å². The molecule has 0 heterocycles. The minimum atomic E-state index is -0.373. The summed E-state index contributed by atoms with van der Waals surface area (Å²) in [4.78, 5) is 0. The van der Waals surface area contributed by atoms with Gasteiger partial charge in [-0.3, -0.25) is 0 Å². The Bertz CT molecular complexity index is 360. The zero-order chi connectivity index (χ0) is 13.4. The summed E-state index contributed by atoms with van der Waals surface area (Å²) in [6, 6.07) is 4.68. The van der Waals surface area contributed by atoms with E-state index in [1.54, 1.807) is 19.2 Å². The van der Waals surface area contributed by atoms with E-state index in [4.69, 9.17) is 19.9 Å². The van der Waals surface area contributed by atoms with Crippen molar-refractivity contribution in [2.45, 2.75) is 12.5 Å². The molecule has 0 radical (unpaired) electrons. The van der Waals surface area contributed by atoms with Crippen LogP contribution >= 0.6 is 0 Å². The van der Waals surface area contributed by atoms with Crippen LogP contribution in [0.1, 0.15) is 5.56 Å². The normalized spacial score (nSPS) is 12.4. The molecule has 4 nitrogen and oxygen atoms in total. The van der Waals surface area contributed by atoms with E-state index >= 15 is 0 Å². The summed E-state index contributed by atoms with van der Waals surface area (Å²) >= 11 is 0. The highest BCUT2D eigenvalue weighted by Crippen LogP contribution is 2.18. The molecule has 0 aromatic heterocycles. The van der Waals surface area contributed by atoms with Gasteiger partial charge in [0, 0.05) is 13.2 Å². The van der Waals surface area contributed by atoms with Crippen LogP contribution in [0.25, 0.3) is 0 Å². The van der Waals surface area contributed by atoms with Gasteiger partial charge in [-0.05, 0) is 24.1 Å². The fraction of sp³-hybridized carbons (Fsp3) is 0.538. The van der Waals surface area contributed by atoms with E-state index in [9.17, 15) is 4.39 Å². The number of methoxy groups -OCH3 is 2. The second kappa shape index (κ2) is 8.02. The molecule has 1 unspecified atom stereocenters. The molecule has 0 bridgehead atoms. The first-order chi connectivity index (χ1) is 8.67. The van der Waals surface area contributed by atoms with Crippen LogP contribution in [0.3, 0.4) is 0 Å². The Hall–Kier alpha value is -1.17. The van der Waals surface area contributed by atoms with E-state index < -0.39 is 0 Å². The Kier molecular flexibility index (Phi) is 6.64. The maximum Gasteiger partial charge on any atom is 0.165 e. The van der Waals surface area contributed by atoms with Gasteiger partial charge in [-0.25, -0.2) is 4.39 Å². The Morgan fingerprint density at radius 2 is 2.06 bits per heavy atom. The van der Waals surface area contributed by atoms with Crippen LogP contribution in [0.4, 0.5) is 4.39 Å². The van der Waals surface area contributed by atoms with Crippen LogP contribution in [0.15, 0.2) is 18.2 Å². The number of nitrogens with two attached hydrogens (primary N) is 1. The van der Waals surface area contributed by atoms with E-state index in [2.05, 4.69) is 0 Å². The molecule has 2 N–H and O–H groups in total. The number of hydrogen-bond acceptors (Lipinski definition) is 4. The third-order valence-corrected chi connectivity index (χ3v) is 2.48. The summed E-state index contributed by atoms with van der Waals surface area (Å²) < 4.78 is 28.5. The summed E-state index contributed by atoms with van der Waals surface area (Å²) in [7, 11) is 3.05. The highest BCUT2D eigenvalue weighted by atomic mass is 19.1. The molecule has 1 rings (SSSR count). The van der Waals surface area contributed by atoms with Gasteiger partial charge in [-0.15, -0.1) is 0 Å². The molecule has 1 aromatic carbocycles. The molecular weight excluding hydrogens is 237 g/mol. The first-order valence-electron chi connectivity index (χ1n) is 5.82. The van der Waals surface area contributed by atoms with Gasteiger partial charge in [0.1, 0.15) is 0 Å².